The van der Waals surface area contributed by atoms with Crippen LogP contribution < -0.4 is 11.1 Å². The molecule has 0 bridgehead atoms. The third-order valence-electron chi connectivity index (χ3n) is 4.68. The van der Waals surface area contributed by atoms with E-state index in [-0.39, 0.29) is 19.0 Å². The molecule has 3 heterocycles. The molecule has 0 radical (unpaired) electrons. The first-order valence-corrected chi connectivity index (χ1v) is 10.3. The fourth-order valence-corrected chi connectivity index (χ4v) is 4.64. The van der Waals surface area contributed by atoms with Gasteiger partial charge >= 0.3 is 5.97 Å². The number of esters is 1. The molecule has 0 amide bonds. The molecular weight excluding hydrogens is 376 g/mol. The van der Waals surface area contributed by atoms with E-state index in [1.807, 2.05) is 0 Å². The number of rotatable bonds is 6. The summed E-state index contributed by atoms with van der Waals surface area (Å²) < 4.78 is 5.30. The number of nitrogens with zero attached hydrogens (tertiary/aromatic N) is 4. The Morgan fingerprint density at radius 3 is 2.86 bits per heavy atom. The van der Waals surface area contributed by atoms with E-state index in [0.717, 1.165) is 23.1 Å². The summed E-state index contributed by atoms with van der Waals surface area (Å²) in [6.07, 6.45) is 9.23. The Balaban J connectivity index is 1.36. The van der Waals surface area contributed by atoms with Crippen molar-refractivity contribution < 1.29 is 9.53 Å². The molecule has 9 heteroatoms. The van der Waals surface area contributed by atoms with Gasteiger partial charge in [-0.2, -0.15) is 0 Å². The van der Waals surface area contributed by atoms with E-state index < -0.39 is 0 Å². The van der Waals surface area contributed by atoms with Crippen LogP contribution in [0.25, 0.3) is 10.2 Å². The summed E-state index contributed by atoms with van der Waals surface area (Å²) in [6.45, 7) is 0.409. The molecule has 1 aliphatic carbocycles. The third kappa shape index (κ3) is 4.19. The highest BCUT2D eigenvalue weighted by molar-refractivity contribution is 7.19. The van der Waals surface area contributed by atoms with E-state index >= 15 is 0 Å². The predicted molar refractivity (Wildman–Crippen MR) is 108 cm³/mol. The molecule has 0 aromatic carbocycles. The number of ether oxygens (including phenoxy) is 1. The first-order chi connectivity index (χ1) is 13.7. The van der Waals surface area contributed by atoms with Crippen LogP contribution in [0.1, 0.15) is 41.9 Å². The lowest BCUT2D eigenvalue weighted by molar-refractivity contribution is -0.144. The van der Waals surface area contributed by atoms with Gasteiger partial charge < -0.3 is 15.8 Å². The average molecular weight is 398 g/mol. The number of fused-ring (bicyclic) bond motifs is 3. The molecule has 8 nitrogen and oxygen atoms in total. The van der Waals surface area contributed by atoms with Gasteiger partial charge in [-0.05, 0) is 37.3 Å². The molecule has 4 rings (SSSR count). The topological polar surface area (TPSA) is 116 Å². The van der Waals surface area contributed by atoms with Crippen molar-refractivity contribution in [2.24, 2.45) is 0 Å². The SMILES string of the molecule is Nc1nc(COC(=O)CCNc2ncccn2)nc2sc3c(c12)CCCCC3. The van der Waals surface area contributed by atoms with Gasteiger partial charge in [-0.1, -0.05) is 6.42 Å². The summed E-state index contributed by atoms with van der Waals surface area (Å²) in [5.41, 5.74) is 7.53. The van der Waals surface area contributed by atoms with Gasteiger partial charge in [0, 0.05) is 23.8 Å². The molecule has 0 atom stereocenters. The van der Waals surface area contributed by atoms with Crippen LogP contribution in [-0.4, -0.2) is 32.4 Å². The normalized spacial score (nSPS) is 13.7. The molecule has 0 fully saturated rings. The maximum absolute atomic E-state index is 12.0. The van der Waals surface area contributed by atoms with Crippen LogP contribution in [0.2, 0.25) is 0 Å². The van der Waals surface area contributed by atoms with Crippen LogP contribution in [0.3, 0.4) is 0 Å². The molecule has 0 saturated carbocycles. The molecule has 3 aromatic rings. The Bertz CT molecular complexity index is 975. The van der Waals surface area contributed by atoms with Crippen molar-refractivity contribution in [1.29, 1.82) is 0 Å². The summed E-state index contributed by atoms with van der Waals surface area (Å²) >= 11 is 1.69. The first kappa shape index (κ1) is 18.5. The second-order valence-electron chi connectivity index (χ2n) is 6.68. The maximum atomic E-state index is 12.0. The predicted octanol–water partition coefficient (Wildman–Crippen LogP) is 2.88. The molecule has 0 unspecified atom stereocenters. The minimum atomic E-state index is -0.340. The molecule has 28 heavy (non-hydrogen) atoms. The quantitative estimate of drug-likeness (QED) is 0.481. The molecule has 0 spiro atoms. The second kappa shape index (κ2) is 8.47. The number of nitrogens with one attached hydrogen (secondary N) is 1. The van der Waals surface area contributed by atoms with Gasteiger partial charge in [-0.25, -0.2) is 19.9 Å². The number of nitrogen functional groups attached to an aromatic ring is 1. The van der Waals surface area contributed by atoms with Crippen molar-refractivity contribution in [2.75, 3.05) is 17.6 Å². The molecule has 1 aliphatic rings. The van der Waals surface area contributed by atoms with Crippen molar-refractivity contribution in [3.8, 4) is 0 Å². The molecular formula is C19H22N6O2S. The van der Waals surface area contributed by atoms with E-state index in [9.17, 15) is 4.79 Å². The van der Waals surface area contributed by atoms with Gasteiger partial charge in [-0.15, -0.1) is 11.3 Å². The third-order valence-corrected chi connectivity index (χ3v) is 5.86. The monoisotopic (exact) mass is 398 g/mol. The van der Waals surface area contributed by atoms with Crippen molar-refractivity contribution in [1.82, 2.24) is 19.9 Å². The first-order valence-electron chi connectivity index (χ1n) is 9.44. The lowest BCUT2D eigenvalue weighted by atomic mass is 10.1. The number of anilines is 2. The highest BCUT2D eigenvalue weighted by Crippen LogP contribution is 2.37. The standard InChI is InChI=1S/C19H22N6O2S/c20-17-16-12-5-2-1-3-6-13(12)28-18(16)25-14(24-17)11-27-15(26)7-10-23-19-21-8-4-9-22-19/h4,8-9H,1-3,5-7,10-11H2,(H2,20,24,25)(H,21,22,23). The van der Waals surface area contributed by atoms with Gasteiger partial charge in [0.2, 0.25) is 5.95 Å². The average Bonchev–Trinajstić information content (AvgIpc) is 2.89. The minimum Gasteiger partial charge on any atom is -0.457 e. The van der Waals surface area contributed by atoms with Crippen LogP contribution in [-0.2, 0) is 29.0 Å². The zero-order valence-corrected chi connectivity index (χ0v) is 16.3. The summed E-state index contributed by atoms with van der Waals surface area (Å²) in [7, 11) is 0. The van der Waals surface area contributed by atoms with Crippen molar-refractivity contribution in [2.45, 2.75) is 45.1 Å². The van der Waals surface area contributed by atoms with Gasteiger partial charge in [-0.3, -0.25) is 4.79 Å². The van der Waals surface area contributed by atoms with Gasteiger partial charge in [0.15, 0.2) is 12.4 Å². The highest BCUT2D eigenvalue weighted by Gasteiger charge is 2.19. The summed E-state index contributed by atoms with van der Waals surface area (Å²) in [4.78, 5) is 31.3. The highest BCUT2D eigenvalue weighted by atomic mass is 32.1. The largest absolute Gasteiger partial charge is 0.457 e. The van der Waals surface area contributed by atoms with E-state index in [4.69, 9.17) is 10.5 Å². The molecule has 146 valence electrons. The summed E-state index contributed by atoms with van der Waals surface area (Å²) in [5, 5.41) is 3.96. The van der Waals surface area contributed by atoms with Crippen LogP contribution in [0, 0.1) is 0 Å². The minimum absolute atomic E-state index is 0.0172. The van der Waals surface area contributed by atoms with E-state index in [0.29, 0.717) is 24.1 Å². The van der Waals surface area contributed by atoms with Crippen molar-refractivity contribution in [3.63, 3.8) is 0 Å². The number of aromatic nitrogens is 4. The van der Waals surface area contributed by atoms with E-state index in [2.05, 4.69) is 25.3 Å². The van der Waals surface area contributed by atoms with Gasteiger partial charge in [0.25, 0.3) is 0 Å². The molecule has 0 saturated heterocycles. The van der Waals surface area contributed by atoms with Crippen molar-refractivity contribution in [3.05, 3.63) is 34.7 Å². The number of carbonyl (C=O) groups is 1. The molecule has 3 aromatic heterocycles. The lowest BCUT2D eigenvalue weighted by Gasteiger charge is -2.07. The van der Waals surface area contributed by atoms with E-state index in [1.165, 1.54) is 29.7 Å². The van der Waals surface area contributed by atoms with Crippen LogP contribution in [0.5, 0.6) is 0 Å². The van der Waals surface area contributed by atoms with E-state index in [1.54, 1.807) is 29.8 Å². The number of aryl methyl sites for hydroxylation is 2. The van der Waals surface area contributed by atoms with Crippen LogP contribution >= 0.6 is 11.3 Å². The second-order valence-corrected chi connectivity index (χ2v) is 7.76. The zero-order chi connectivity index (χ0) is 19.3. The summed E-state index contributed by atoms with van der Waals surface area (Å²) in [6, 6.07) is 1.73. The van der Waals surface area contributed by atoms with Gasteiger partial charge in [0.05, 0.1) is 11.8 Å². The Morgan fingerprint density at radius 1 is 1.18 bits per heavy atom. The summed E-state index contributed by atoms with van der Waals surface area (Å²) in [5.74, 6) is 1.06. The fourth-order valence-electron chi connectivity index (χ4n) is 3.36. The fraction of sp³-hybridized carbons (Fsp3) is 0.421. The number of hydrogen-bond donors (Lipinski definition) is 2. The van der Waals surface area contributed by atoms with Crippen LogP contribution in [0.15, 0.2) is 18.5 Å². The zero-order valence-electron chi connectivity index (χ0n) is 15.5. The van der Waals surface area contributed by atoms with Gasteiger partial charge in [0.1, 0.15) is 10.6 Å². The Kier molecular flexibility index (Phi) is 5.61. The Labute approximate surface area is 166 Å². The lowest BCUT2D eigenvalue weighted by Crippen LogP contribution is -2.13. The maximum Gasteiger partial charge on any atom is 0.308 e. The molecule has 0 aliphatic heterocycles. The Hall–Kier alpha value is -2.81. The number of hydrogen-bond acceptors (Lipinski definition) is 9. The smallest absolute Gasteiger partial charge is 0.308 e. The number of carbonyl (C=O) groups excluding carboxylic acids is 1. The molecule has 3 N–H and O–H groups in total. The Morgan fingerprint density at radius 2 is 2.00 bits per heavy atom. The van der Waals surface area contributed by atoms with Crippen molar-refractivity contribution >= 4 is 39.3 Å². The number of nitrogens with two attached hydrogens (primary N) is 1. The number of thiophene rings is 1. The van der Waals surface area contributed by atoms with Crippen LogP contribution in [0.4, 0.5) is 11.8 Å².